The van der Waals surface area contributed by atoms with Gasteiger partial charge >= 0.3 is 6.18 Å². The van der Waals surface area contributed by atoms with Crippen molar-refractivity contribution in [2.45, 2.75) is 19.1 Å². The summed E-state index contributed by atoms with van der Waals surface area (Å²) in [5.41, 5.74) is 0.726. The third kappa shape index (κ3) is 7.80. The third-order valence-electron chi connectivity index (χ3n) is 3.76. The lowest BCUT2D eigenvalue weighted by Gasteiger charge is -2.13. The fourth-order valence-electron chi connectivity index (χ4n) is 2.35. The molecular formula is C18H23F3IN5OS. The summed E-state index contributed by atoms with van der Waals surface area (Å²) in [7, 11) is 4.98. The number of carbonyl (C=O) groups excluding carboxylic acids is 1. The quantitative estimate of drug-likeness (QED) is 0.335. The van der Waals surface area contributed by atoms with E-state index in [1.165, 1.54) is 4.90 Å². The van der Waals surface area contributed by atoms with Gasteiger partial charge in [0.25, 0.3) is 5.91 Å². The van der Waals surface area contributed by atoms with Gasteiger partial charge in [-0.2, -0.15) is 13.2 Å². The van der Waals surface area contributed by atoms with Gasteiger partial charge in [-0.1, -0.05) is 12.1 Å². The first kappa shape index (κ1) is 25.1. The minimum Gasteiger partial charge on any atom is -0.356 e. The highest BCUT2D eigenvalue weighted by atomic mass is 127. The Morgan fingerprint density at radius 3 is 2.59 bits per heavy atom. The maximum atomic E-state index is 12.6. The summed E-state index contributed by atoms with van der Waals surface area (Å²) in [5.74, 6) is 0.401. The van der Waals surface area contributed by atoms with Gasteiger partial charge in [0, 0.05) is 38.6 Å². The summed E-state index contributed by atoms with van der Waals surface area (Å²) in [5, 5.41) is 7.35. The molecule has 1 amide bonds. The normalized spacial score (nSPS) is 11.6. The third-order valence-corrected chi connectivity index (χ3v) is 4.61. The lowest BCUT2D eigenvalue weighted by molar-refractivity contribution is -0.140. The van der Waals surface area contributed by atoms with Gasteiger partial charge in [0.05, 0.1) is 6.54 Å². The Morgan fingerprint density at radius 2 is 2.00 bits per heavy atom. The average Bonchev–Trinajstić information content (AvgIpc) is 3.13. The van der Waals surface area contributed by atoms with Crippen molar-refractivity contribution in [2.24, 2.45) is 4.99 Å². The molecule has 2 aromatic rings. The number of carbonyl (C=O) groups is 1. The lowest BCUT2D eigenvalue weighted by Crippen LogP contribution is -2.37. The van der Waals surface area contributed by atoms with Gasteiger partial charge in [-0.3, -0.25) is 9.79 Å². The minimum absolute atomic E-state index is 0. The van der Waals surface area contributed by atoms with Gasteiger partial charge in [-0.25, -0.2) is 4.98 Å². The van der Waals surface area contributed by atoms with Crippen LogP contribution in [0.2, 0.25) is 0 Å². The Balaban J connectivity index is 0.00000420. The maximum absolute atomic E-state index is 12.6. The second kappa shape index (κ2) is 11.3. The number of thiazole rings is 1. The monoisotopic (exact) mass is 541 g/mol. The number of aliphatic imine (C=N–C) groups is 1. The number of rotatable bonds is 6. The molecule has 11 heteroatoms. The van der Waals surface area contributed by atoms with Gasteiger partial charge in [0.2, 0.25) is 0 Å². The molecule has 0 aliphatic carbocycles. The van der Waals surface area contributed by atoms with E-state index in [1.807, 2.05) is 18.2 Å². The SMILES string of the molecule is CN=C(NCCc1cccc(C(=O)N(C)C)c1)NCc1nc(C(F)(F)F)cs1.I. The zero-order valence-electron chi connectivity index (χ0n) is 16.2. The van der Waals surface area contributed by atoms with E-state index >= 15 is 0 Å². The van der Waals surface area contributed by atoms with Crippen LogP contribution >= 0.6 is 35.3 Å². The van der Waals surface area contributed by atoms with E-state index in [4.69, 9.17) is 0 Å². The second-order valence-electron chi connectivity index (χ2n) is 6.13. The second-order valence-corrected chi connectivity index (χ2v) is 7.07. The minimum atomic E-state index is -4.43. The fourth-order valence-corrected chi connectivity index (χ4v) is 3.09. The molecule has 1 heterocycles. The molecule has 160 valence electrons. The molecule has 0 atom stereocenters. The van der Waals surface area contributed by atoms with Crippen LogP contribution in [-0.4, -0.2) is 49.4 Å². The van der Waals surface area contributed by atoms with Crippen LogP contribution in [0.4, 0.5) is 13.2 Å². The van der Waals surface area contributed by atoms with E-state index in [0.717, 1.165) is 22.3 Å². The van der Waals surface area contributed by atoms with Gasteiger partial charge < -0.3 is 15.5 Å². The smallest absolute Gasteiger partial charge is 0.356 e. The largest absolute Gasteiger partial charge is 0.434 e. The molecule has 0 fully saturated rings. The molecule has 0 spiro atoms. The van der Waals surface area contributed by atoms with E-state index in [2.05, 4.69) is 20.6 Å². The molecule has 1 aromatic heterocycles. The lowest BCUT2D eigenvalue weighted by atomic mass is 10.1. The highest BCUT2D eigenvalue weighted by Crippen LogP contribution is 2.29. The number of nitrogens with zero attached hydrogens (tertiary/aromatic N) is 3. The van der Waals surface area contributed by atoms with Gasteiger partial charge in [0.15, 0.2) is 11.7 Å². The van der Waals surface area contributed by atoms with Gasteiger partial charge in [0.1, 0.15) is 5.01 Å². The summed E-state index contributed by atoms with van der Waals surface area (Å²) in [6.07, 6.45) is -3.78. The summed E-state index contributed by atoms with van der Waals surface area (Å²) < 4.78 is 37.7. The molecule has 0 aliphatic rings. The van der Waals surface area contributed by atoms with Crippen molar-refractivity contribution in [1.82, 2.24) is 20.5 Å². The van der Waals surface area contributed by atoms with Crippen LogP contribution in [0.1, 0.15) is 26.6 Å². The highest BCUT2D eigenvalue weighted by molar-refractivity contribution is 14.0. The molecule has 29 heavy (non-hydrogen) atoms. The molecular weight excluding hydrogens is 518 g/mol. The molecule has 2 rings (SSSR count). The summed E-state index contributed by atoms with van der Waals surface area (Å²) in [6, 6.07) is 7.37. The number of amides is 1. The van der Waals surface area contributed by atoms with Crippen LogP contribution in [0.3, 0.4) is 0 Å². The summed E-state index contributed by atoms with van der Waals surface area (Å²) in [4.78, 5) is 21.1. The number of hydrogen-bond acceptors (Lipinski definition) is 4. The Hall–Kier alpha value is -1.89. The van der Waals surface area contributed by atoms with Crippen molar-refractivity contribution in [3.63, 3.8) is 0 Å². The topological polar surface area (TPSA) is 69.6 Å². The van der Waals surface area contributed by atoms with Crippen molar-refractivity contribution in [3.8, 4) is 0 Å². The number of guanidine groups is 1. The fraction of sp³-hybridized carbons (Fsp3) is 0.389. The van der Waals surface area contributed by atoms with Crippen LogP contribution in [0.5, 0.6) is 0 Å². The predicted octanol–water partition coefficient (Wildman–Crippen LogP) is 3.39. The Kier molecular flexibility index (Phi) is 9.83. The van der Waals surface area contributed by atoms with Crippen LogP contribution in [0.15, 0.2) is 34.6 Å². The Bertz CT molecular complexity index is 839. The van der Waals surface area contributed by atoms with Crippen molar-refractivity contribution in [3.05, 3.63) is 51.5 Å². The van der Waals surface area contributed by atoms with Gasteiger partial charge in [-0.15, -0.1) is 35.3 Å². The Labute approximate surface area is 188 Å². The van der Waals surface area contributed by atoms with Crippen molar-refractivity contribution >= 4 is 47.2 Å². The molecule has 0 saturated heterocycles. The van der Waals surface area contributed by atoms with Crippen molar-refractivity contribution in [2.75, 3.05) is 27.7 Å². The van der Waals surface area contributed by atoms with E-state index in [9.17, 15) is 18.0 Å². The highest BCUT2D eigenvalue weighted by Gasteiger charge is 2.33. The number of halogens is 4. The molecule has 1 aromatic carbocycles. The van der Waals surface area contributed by atoms with E-state index in [-0.39, 0.29) is 36.4 Å². The molecule has 2 N–H and O–H groups in total. The number of hydrogen-bond donors (Lipinski definition) is 2. The standard InChI is InChI=1S/C18H22F3N5OS.HI/c1-22-17(24-10-15-25-14(11-28-15)18(19,20)21)23-8-7-12-5-4-6-13(9-12)16(27)26(2)3;/h4-6,9,11H,7-8,10H2,1-3H3,(H2,22,23,24);1H. The number of alkyl halides is 3. The van der Waals surface area contributed by atoms with E-state index < -0.39 is 11.9 Å². The van der Waals surface area contributed by atoms with E-state index in [0.29, 0.717) is 29.5 Å². The van der Waals surface area contributed by atoms with Crippen molar-refractivity contribution < 1.29 is 18.0 Å². The van der Waals surface area contributed by atoms with Gasteiger partial charge in [-0.05, 0) is 24.1 Å². The molecule has 0 saturated carbocycles. The molecule has 0 unspecified atom stereocenters. The van der Waals surface area contributed by atoms with Crippen molar-refractivity contribution in [1.29, 1.82) is 0 Å². The average molecular weight is 541 g/mol. The van der Waals surface area contributed by atoms with Crippen LogP contribution < -0.4 is 10.6 Å². The predicted molar refractivity (Wildman–Crippen MR) is 119 cm³/mol. The zero-order chi connectivity index (χ0) is 20.7. The number of benzene rings is 1. The molecule has 0 radical (unpaired) electrons. The first-order chi connectivity index (χ1) is 13.2. The number of aromatic nitrogens is 1. The van der Waals surface area contributed by atoms with E-state index in [1.54, 1.807) is 27.2 Å². The molecule has 0 bridgehead atoms. The first-order valence-corrected chi connectivity index (χ1v) is 9.35. The molecule has 6 nitrogen and oxygen atoms in total. The molecule has 0 aliphatic heterocycles. The summed E-state index contributed by atoms with van der Waals surface area (Å²) >= 11 is 0.944. The van der Waals surface area contributed by atoms with Crippen LogP contribution in [0, 0.1) is 0 Å². The first-order valence-electron chi connectivity index (χ1n) is 8.47. The zero-order valence-corrected chi connectivity index (χ0v) is 19.4. The summed E-state index contributed by atoms with van der Waals surface area (Å²) in [6.45, 7) is 0.693. The number of nitrogens with one attached hydrogen (secondary N) is 2. The van der Waals surface area contributed by atoms with Crippen LogP contribution in [-0.2, 0) is 19.1 Å². The van der Waals surface area contributed by atoms with Crippen LogP contribution in [0.25, 0.3) is 0 Å². The maximum Gasteiger partial charge on any atom is 0.434 e. The Morgan fingerprint density at radius 1 is 1.28 bits per heavy atom.